The van der Waals surface area contributed by atoms with Gasteiger partial charge in [-0.3, -0.25) is 62.6 Å². The average Bonchev–Trinajstić information content (AvgIpc) is 1.80. The van der Waals surface area contributed by atoms with Crippen LogP contribution in [0.15, 0.2) is 22.2 Å². The van der Waals surface area contributed by atoms with Crippen LogP contribution in [0.1, 0.15) is 96.5 Å². The zero-order valence-electron chi connectivity index (χ0n) is 47.3. The van der Waals surface area contributed by atoms with Crippen molar-refractivity contribution in [3.8, 4) is 5.97 Å². The van der Waals surface area contributed by atoms with Crippen LogP contribution in [0.25, 0.3) is 27.2 Å². The van der Waals surface area contributed by atoms with Gasteiger partial charge in [-0.05, 0) is 36.3 Å². The number of H-pyrrole nitrogens is 2. The molecule has 4 aromatic heterocycles. The number of rotatable bonds is 22. The van der Waals surface area contributed by atoms with Gasteiger partial charge in [-0.1, -0.05) is 84.1 Å². The highest BCUT2D eigenvalue weighted by molar-refractivity contribution is 7.83. The molecule has 2 fully saturated rings. The van der Waals surface area contributed by atoms with Crippen LogP contribution < -0.4 is 21.8 Å². The summed E-state index contributed by atoms with van der Waals surface area (Å²) in [7, 11) is -20.6. The van der Waals surface area contributed by atoms with Crippen LogP contribution in [0.3, 0.4) is 0 Å². The van der Waals surface area contributed by atoms with Gasteiger partial charge in [-0.15, -0.1) is 18.8 Å². The number of carbonyl (C=O) groups excluding carboxylic acids is 2. The SMILES string of the molecule is C.C.CC(C)C(=O)Nc1nc2c(ncn2C2OC(CO[P+](=O)O)C(O[P+](=O)O)C2O[Si](C)(C)C(C)(C)C)c(=O)[nH]1.[C-]#[N+]CP(=O)(O)OC1C(COP(=O)(O)[B]C#N)OC(n2cnc3c(=O)[nH]c(NC(=O)C(C)C)nc32)C1O[Si](C)(C)C(C)(C)C. The molecule has 0 aliphatic carbocycles. The van der Waals surface area contributed by atoms with E-state index in [-0.39, 0.29) is 71.0 Å². The molecule has 0 saturated carbocycles. The number of hydrogen-bond donors (Lipinski definition) is 8. The molecule has 0 spiro atoms. The minimum Gasteiger partial charge on any atom is -0.407 e. The fourth-order valence-electron chi connectivity index (χ4n) is 7.38. The molecular formula is C45H76BN12O20P4Si2+2. The molecular weight excluding hydrogens is 1220 g/mol. The summed E-state index contributed by atoms with van der Waals surface area (Å²) in [5, 5.41) is 13.2. The lowest BCUT2D eigenvalue weighted by atomic mass is 10.1. The highest BCUT2D eigenvalue weighted by Gasteiger charge is 2.57. The van der Waals surface area contributed by atoms with Gasteiger partial charge < -0.3 is 37.5 Å². The number of imidazole rings is 2. The van der Waals surface area contributed by atoms with Crippen molar-refractivity contribution in [2.75, 3.05) is 30.1 Å². The highest BCUT2D eigenvalue weighted by Crippen LogP contribution is 2.52. The van der Waals surface area contributed by atoms with Crippen molar-refractivity contribution in [1.82, 2.24) is 39.0 Å². The number of ether oxygens (including phenoxy) is 2. The maximum Gasteiger partial charge on any atom is 0.695 e. The van der Waals surface area contributed by atoms with Gasteiger partial charge in [0.05, 0.1) is 19.3 Å². The number of anilines is 2. The second-order valence-electron chi connectivity index (χ2n) is 22.5. The Hall–Kier alpha value is -4.70. The predicted molar refractivity (Wildman–Crippen MR) is 312 cm³/mol. The van der Waals surface area contributed by atoms with Crippen molar-refractivity contribution in [3.63, 3.8) is 0 Å². The van der Waals surface area contributed by atoms with E-state index in [1.54, 1.807) is 27.7 Å². The molecule has 2 aliphatic rings. The average molecular weight is 1300 g/mol. The Labute approximate surface area is 489 Å². The minimum atomic E-state index is -4.58. The normalized spacial score (nSPS) is 22.8. The predicted octanol–water partition coefficient (Wildman–Crippen LogP) is 6.73. The fourth-order valence-corrected chi connectivity index (χ4v) is 12.2. The molecule has 39 heteroatoms. The number of amides is 2. The smallest absolute Gasteiger partial charge is 0.407 e. The Kier molecular flexibility index (Phi) is 25.3. The van der Waals surface area contributed by atoms with E-state index >= 15 is 0 Å². The van der Waals surface area contributed by atoms with Crippen LogP contribution in [0.5, 0.6) is 0 Å². The number of nitrogens with zero attached hydrogens (tertiary/aromatic N) is 8. The number of aromatic nitrogens is 8. The lowest BCUT2D eigenvalue weighted by Crippen LogP contribution is -2.49. The van der Waals surface area contributed by atoms with Crippen molar-refractivity contribution in [1.29, 1.82) is 5.26 Å². The number of hydrogen-bond acceptors (Lipinski definition) is 21. The van der Waals surface area contributed by atoms with Crippen LogP contribution in [0, 0.1) is 29.6 Å². The molecule has 84 heavy (non-hydrogen) atoms. The maximum absolute atomic E-state index is 12.9. The molecule has 2 amide bonds. The first kappa shape index (κ1) is 73.6. The van der Waals surface area contributed by atoms with E-state index in [9.17, 15) is 52.1 Å². The summed E-state index contributed by atoms with van der Waals surface area (Å²) in [5.41, 5.74) is -1.46. The molecule has 0 aromatic carbocycles. The highest BCUT2D eigenvalue weighted by atomic mass is 31.2. The summed E-state index contributed by atoms with van der Waals surface area (Å²) in [4.78, 5) is 114. The van der Waals surface area contributed by atoms with Gasteiger partial charge in [0.25, 0.3) is 18.6 Å². The van der Waals surface area contributed by atoms with E-state index in [0.717, 1.165) is 0 Å². The lowest BCUT2D eigenvalue weighted by molar-refractivity contribution is -0.119. The Morgan fingerprint density at radius 2 is 1.21 bits per heavy atom. The van der Waals surface area contributed by atoms with E-state index in [1.165, 1.54) is 27.8 Å². The van der Waals surface area contributed by atoms with Gasteiger partial charge in [-0.25, -0.2) is 21.8 Å². The van der Waals surface area contributed by atoms with Crippen molar-refractivity contribution >= 4 is 101 Å². The summed E-state index contributed by atoms with van der Waals surface area (Å²) in [6.07, 6.45) is -8.08. The Balaban J connectivity index is 0.000000434. The maximum atomic E-state index is 12.9. The molecule has 0 bridgehead atoms. The van der Waals surface area contributed by atoms with Gasteiger partial charge in [0.2, 0.25) is 23.7 Å². The molecule has 12 unspecified atom stereocenters. The lowest BCUT2D eigenvalue weighted by Gasteiger charge is -2.40. The third-order valence-corrected chi connectivity index (χ3v) is 25.5. The van der Waals surface area contributed by atoms with Crippen LogP contribution >= 0.6 is 31.6 Å². The summed E-state index contributed by atoms with van der Waals surface area (Å²) in [6, 6.07) is 0. The van der Waals surface area contributed by atoms with Crippen molar-refractivity contribution in [3.05, 3.63) is 44.8 Å². The van der Waals surface area contributed by atoms with Gasteiger partial charge in [-0.2, -0.15) is 9.97 Å². The summed E-state index contributed by atoms with van der Waals surface area (Å²) < 4.78 is 97.2. The number of carbonyl (C=O) groups is 2. The number of fused-ring (bicyclic) bond motifs is 2. The molecule has 2 aliphatic heterocycles. The minimum absolute atomic E-state index is 0. The monoisotopic (exact) mass is 1300 g/mol. The Bertz CT molecular complexity index is 3340. The van der Waals surface area contributed by atoms with Crippen molar-refractivity contribution in [2.24, 2.45) is 11.8 Å². The fraction of sp³-hybridized carbons (Fsp3) is 0.689. The Morgan fingerprint density at radius 3 is 1.58 bits per heavy atom. The molecule has 6 rings (SSSR count). The molecule has 32 nitrogen and oxygen atoms in total. The van der Waals surface area contributed by atoms with Crippen molar-refractivity contribution < 1.29 is 83.8 Å². The molecule has 2 saturated heterocycles. The first-order valence-corrected chi connectivity index (χ1v) is 36.6. The summed E-state index contributed by atoms with van der Waals surface area (Å²) in [6.45, 7) is 32.6. The number of nitrogens with one attached hydrogen (secondary N) is 4. The molecule has 6 heterocycles. The standard InChI is InChI=1S/C23H35BN7O10P2Si.C20H31N5O10P2Si.2CH4/c1-13(2)19(32)29-22-28-18-15(20(33)30-22)27-11-31(18)21-17(41-44(7,8)23(3,4)5)16(40-42(34,35)12-26-6)14(39-21)9-38-43(36,37)24-10-25;1-10(2)16(26)23-19-22-15-12(17(27)24-19)21-9-25(15)18-14(35-38(6,7)20(3,4)5)13(34-37(30)31)11(33-18)8-32-36(28)29;;/h11,13-14,16-17,21H,9,12H2,1-5,7-8H3,(H,34,35)(H,36,37)(H2,28,29,30,32,33);9-11,13-14,18H,8H2,1-7H3,(H2-2,22,23,24,26,27,28,29,30,31);2*1H4/p+2. The van der Waals surface area contributed by atoms with Crippen LogP contribution in [0.2, 0.25) is 36.3 Å². The van der Waals surface area contributed by atoms with Gasteiger partial charge >= 0.3 is 37.4 Å². The van der Waals surface area contributed by atoms with E-state index in [4.69, 9.17) is 53.1 Å². The van der Waals surface area contributed by atoms with Crippen LogP contribution in [-0.4, -0.2) is 150 Å². The summed E-state index contributed by atoms with van der Waals surface area (Å²) in [5.74, 6) is -0.425. The van der Waals surface area contributed by atoms with E-state index < -0.39 is 140 Å². The van der Waals surface area contributed by atoms with E-state index in [2.05, 4.69) is 45.4 Å². The number of nitriles is 1. The van der Waals surface area contributed by atoms with Gasteiger partial charge in [0, 0.05) is 26.9 Å². The molecule has 1 radical (unpaired) electrons. The quantitative estimate of drug-likeness (QED) is 0.0230. The van der Waals surface area contributed by atoms with Crippen LogP contribution in [0.4, 0.5) is 11.9 Å². The largest absolute Gasteiger partial charge is 0.695 e. The molecule has 4 aromatic rings. The van der Waals surface area contributed by atoms with Crippen LogP contribution in [-0.2, 0) is 64.3 Å². The second-order valence-corrected chi connectivity index (χ2v) is 36.9. The first-order chi connectivity index (χ1) is 37.7. The number of aromatic amines is 2. The summed E-state index contributed by atoms with van der Waals surface area (Å²) >= 11 is 0. The van der Waals surface area contributed by atoms with E-state index in [0.29, 0.717) is 7.00 Å². The molecule has 8 N–H and O–H groups in total. The van der Waals surface area contributed by atoms with Gasteiger partial charge in [0.15, 0.2) is 57.5 Å². The van der Waals surface area contributed by atoms with E-state index in [1.807, 2.05) is 67.7 Å². The third-order valence-electron chi connectivity index (χ3n) is 13.7. The van der Waals surface area contributed by atoms with Gasteiger partial charge in [0.1, 0.15) is 37.1 Å². The van der Waals surface area contributed by atoms with Crippen molar-refractivity contribution in [2.45, 2.75) is 169 Å². The Morgan fingerprint density at radius 1 is 0.798 bits per heavy atom. The molecule has 465 valence electrons. The topological polar surface area (TPSA) is 437 Å². The zero-order chi connectivity index (χ0) is 61.8. The third kappa shape index (κ3) is 18.2. The first-order valence-electron chi connectivity index (χ1n) is 25.1. The zero-order valence-corrected chi connectivity index (χ0v) is 52.9. The second kappa shape index (κ2) is 28.9. The molecule has 12 atom stereocenters.